The zero-order valence-corrected chi connectivity index (χ0v) is 19.1. The summed E-state index contributed by atoms with van der Waals surface area (Å²) < 4.78 is 23.6. The Bertz CT molecular complexity index is 913. The molecule has 9 heteroatoms. The smallest absolute Gasteiger partial charge is 0.267 e. The third kappa shape index (κ3) is 6.13. The van der Waals surface area contributed by atoms with Crippen molar-refractivity contribution in [1.82, 2.24) is 15.2 Å². The number of benzene rings is 1. The molecule has 2 aliphatic rings. The van der Waals surface area contributed by atoms with E-state index in [1.165, 1.54) is 10.6 Å². The lowest BCUT2D eigenvalue weighted by atomic mass is 10.0. The summed E-state index contributed by atoms with van der Waals surface area (Å²) in [5.74, 6) is -0.533. The fraction of sp³-hybridized carbons (Fsp3) is 0.591. The Balaban J connectivity index is 1.66. The van der Waals surface area contributed by atoms with Crippen molar-refractivity contribution in [3.63, 3.8) is 0 Å². The van der Waals surface area contributed by atoms with Crippen LogP contribution in [0.15, 0.2) is 35.4 Å². The van der Waals surface area contributed by atoms with Crippen LogP contribution in [0.1, 0.15) is 38.7 Å². The van der Waals surface area contributed by atoms with Gasteiger partial charge in [0, 0.05) is 25.4 Å². The molecule has 2 unspecified atom stereocenters. The van der Waals surface area contributed by atoms with Gasteiger partial charge >= 0.3 is 0 Å². The van der Waals surface area contributed by atoms with Crippen molar-refractivity contribution < 1.29 is 18.0 Å². The quantitative estimate of drug-likeness (QED) is 0.612. The molecule has 2 amide bonds. The van der Waals surface area contributed by atoms with Gasteiger partial charge in [-0.2, -0.15) is 5.10 Å². The first kappa shape index (κ1) is 23.4. The molecule has 1 aromatic carbocycles. The molecule has 1 fully saturated rings. The second-order valence-corrected chi connectivity index (χ2v) is 10.3. The molecular weight excluding hydrogens is 416 g/mol. The zero-order valence-electron chi connectivity index (χ0n) is 18.3. The number of nitrogens with zero attached hydrogens (tertiary/aromatic N) is 3. The Kier molecular flexibility index (Phi) is 7.83. The number of sulfone groups is 1. The van der Waals surface area contributed by atoms with Gasteiger partial charge in [0.05, 0.1) is 17.5 Å². The van der Waals surface area contributed by atoms with Gasteiger partial charge in [-0.15, -0.1) is 0 Å². The Morgan fingerprint density at radius 1 is 1.23 bits per heavy atom. The van der Waals surface area contributed by atoms with Gasteiger partial charge in [0.25, 0.3) is 5.91 Å². The highest BCUT2D eigenvalue weighted by atomic mass is 32.2. The summed E-state index contributed by atoms with van der Waals surface area (Å²) in [6, 6.07) is 9.86. The molecule has 2 atom stereocenters. The Morgan fingerprint density at radius 2 is 1.94 bits per heavy atom. The van der Waals surface area contributed by atoms with Crippen LogP contribution < -0.4 is 5.32 Å². The summed E-state index contributed by atoms with van der Waals surface area (Å²) in [4.78, 5) is 27.4. The number of hydrogen-bond donors (Lipinski definition) is 1. The van der Waals surface area contributed by atoms with E-state index in [0.29, 0.717) is 18.7 Å². The number of carbonyl (C=O) groups is 2. The number of likely N-dealkylation sites (N-methyl/N-ethyl adjacent to an activating group) is 1. The number of rotatable bonds is 9. The van der Waals surface area contributed by atoms with Gasteiger partial charge < -0.3 is 5.32 Å². The van der Waals surface area contributed by atoms with Crippen LogP contribution in [-0.2, 0) is 25.8 Å². The van der Waals surface area contributed by atoms with E-state index in [1.54, 1.807) is 0 Å². The zero-order chi connectivity index (χ0) is 22.4. The highest BCUT2D eigenvalue weighted by Gasteiger charge is 2.37. The maximum absolute atomic E-state index is 12.8. The summed E-state index contributed by atoms with van der Waals surface area (Å²) in [5, 5.41) is 8.50. The highest BCUT2D eigenvalue weighted by molar-refractivity contribution is 7.91. The van der Waals surface area contributed by atoms with Crippen LogP contribution in [0.2, 0.25) is 0 Å². The van der Waals surface area contributed by atoms with Crippen molar-refractivity contribution >= 4 is 27.4 Å². The SMILES string of the molecule is CCN(CC)C(CNC(=O)C1=NN(C2CCS(=O)(=O)C2)C(=O)CC1)Cc1ccccc1. The van der Waals surface area contributed by atoms with Gasteiger partial charge in [0.1, 0.15) is 5.71 Å². The molecule has 0 aliphatic carbocycles. The Morgan fingerprint density at radius 3 is 2.55 bits per heavy atom. The second-order valence-electron chi connectivity index (χ2n) is 8.12. The Hall–Kier alpha value is -2.26. The molecule has 3 rings (SSSR count). The van der Waals surface area contributed by atoms with Gasteiger partial charge in [-0.05, 0) is 31.5 Å². The van der Waals surface area contributed by atoms with Crippen LogP contribution in [0.5, 0.6) is 0 Å². The number of hydrogen-bond acceptors (Lipinski definition) is 6. The molecule has 0 aromatic heterocycles. The summed E-state index contributed by atoms with van der Waals surface area (Å²) >= 11 is 0. The molecule has 1 saturated heterocycles. The summed E-state index contributed by atoms with van der Waals surface area (Å²) in [6.07, 6.45) is 1.63. The van der Waals surface area contributed by atoms with Crippen LogP contribution in [-0.4, -0.2) is 79.1 Å². The van der Waals surface area contributed by atoms with Crippen LogP contribution in [0.4, 0.5) is 0 Å². The lowest BCUT2D eigenvalue weighted by molar-refractivity contribution is -0.133. The normalized spacial score (nSPS) is 21.8. The third-order valence-electron chi connectivity index (χ3n) is 6.02. The monoisotopic (exact) mass is 448 g/mol. The second kappa shape index (κ2) is 10.4. The van der Waals surface area contributed by atoms with Crippen molar-refractivity contribution in [3.8, 4) is 0 Å². The van der Waals surface area contributed by atoms with Gasteiger partial charge in [-0.3, -0.25) is 14.5 Å². The molecule has 0 saturated carbocycles. The molecule has 2 aliphatic heterocycles. The molecule has 0 spiro atoms. The highest BCUT2D eigenvalue weighted by Crippen LogP contribution is 2.22. The van der Waals surface area contributed by atoms with Crippen LogP contribution in [0.3, 0.4) is 0 Å². The summed E-state index contributed by atoms with van der Waals surface area (Å²) in [5.41, 5.74) is 1.50. The molecule has 170 valence electrons. The average molecular weight is 449 g/mol. The molecule has 2 heterocycles. The first-order chi connectivity index (χ1) is 14.8. The molecule has 1 aromatic rings. The maximum atomic E-state index is 12.8. The molecular formula is C22H32N4O4S. The van der Waals surface area contributed by atoms with Crippen molar-refractivity contribution in [2.45, 2.75) is 51.6 Å². The predicted molar refractivity (Wildman–Crippen MR) is 120 cm³/mol. The summed E-state index contributed by atoms with van der Waals surface area (Å²) in [6.45, 7) is 6.44. The van der Waals surface area contributed by atoms with E-state index < -0.39 is 15.9 Å². The maximum Gasteiger partial charge on any atom is 0.267 e. The van der Waals surface area contributed by atoms with E-state index in [1.807, 2.05) is 18.2 Å². The molecule has 0 bridgehead atoms. The average Bonchev–Trinajstić information content (AvgIpc) is 3.13. The first-order valence-corrected chi connectivity index (χ1v) is 12.8. The van der Waals surface area contributed by atoms with Gasteiger partial charge in [0.15, 0.2) is 9.84 Å². The van der Waals surface area contributed by atoms with E-state index in [4.69, 9.17) is 0 Å². The fourth-order valence-electron chi connectivity index (χ4n) is 4.26. The predicted octanol–water partition coefficient (Wildman–Crippen LogP) is 1.22. The van der Waals surface area contributed by atoms with E-state index in [-0.39, 0.29) is 42.2 Å². The van der Waals surface area contributed by atoms with Gasteiger partial charge in [-0.25, -0.2) is 13.4 Å². The minimum atomic E-state index is -3.14. The first-order valence-electron chi connectivity index (χ1n) is 11.0. The number of amides is 2. The third-order valence-corrected chi connectivity index (χ3v) is 7.77. The number of hydrazone groups is 1. The van der Waals surface area contributed by atoms with Crippen molar-refractivity contribution in [2.75, 3.05) is 31.1 Å². The van der Waals surface area contributed by atoms with Crippen molar-refractivity contribution in [2.24, 2.45) is 5.10 Å². The molecule has 0 radical (unpaired) electrons. The molecule has 8 nitrogen and oxygen atoms in total. The van der Waals surface area contributed by atoms with Crippen molar-refractivity contribution in [3.05, 3.63) is 35.9 Å². The fourth-order valence-corrected chi connectivity index (χ4v) is 5.95. The van der Waals surface area contributed by atoms with Crippen LogP contribution in [0.25, 0.3) is 0 Å². The minimum absolute atomic E-state index is 0.0591. The Labute approximate surface area is 184 Å². The topological polar surface area (TPSA) is 99.2 Å². The van der Waals surface area contributed by atoms with Gasteiger partial charge in [0.2, 0.25) is 5.91 Å². The number of nitrogens with one attached hydrogen (secondary N) is 1. The number of carbonyl (C=O) groups excluding carboxylic acids is 2. The summed E-state index contributed by atoms with van der Waals surface area (Å²) in [7, 11) is -3.14. The molecule has 31 heavy (non-hydrogen) atoms. The largest absolute Gasteiger partial charge is 0.349 e. The van der Waals surface area contributed by atoms with E-state index in [2.05, 4.69) is 41.3 Å². The lowest BCUT2D eigenvalue weighted by Crippen LogP contribution is -2.48. The standard InChI is InChI=1S/C22H32N4O4S/c1-3-25(4-2)19(14-17-8-6-5-7-9-17)15-23-22(28)20-10-11-21(27)26(24-20)18-12-13-31(29,30)16-18/h5-9,18-19H,3-4,10-16H2,1-2H3,(H,23,28). The minimum Gasteiger partial charge on any atom is -0.349 e. The van der Waals surface area contributed by atoms with Crippen LogP contribution >= 0.6 is 0 Å². The van der Waals surface area contributed by atoms with E-state index in [9.17, 15) is 18.0 Å². The lowest BCUT2D eigenvalue weighted by Gasteiger charge is -2.31. The van der Waals surface area contributed by atoms with E-state index >= 15 is 0 Å². The molecule has 1 N–H and O–H groups in total. The van der Waals surface area contributed by atoms with Crippen LogP contribution in [0, 0.1) is 0 Å². The van der Waals surface area contributed by atoms with Crippen molar-refractivity contribution in [1.29, 1.82) is 0 Å². The van der Waals surface area contributed by atoms with Gasteiger partial charge in [-0.1, -0.05) is 44.2 Å². The van der Waals surface area contributed by atoms with E-state index in [0.717, 1.165) is 19.5 Å².